The summed E-state index contributed by atoms with van der Waals surface area (Å²) in [6.07, 6.45) is 6.85. The van der Waals surface area contributed by atoms with E-state index in [1.807, 2.05) is 4.90 Å². The van der Waals surface area contributed by atoms with Crippen LogP contribution >= 0.6 is 0 Å². The lowest BCUT2D eigenvalue weighted by Gasteiger charge is -2.31. The Labute approximate surface area is 79.3 Å². The van der Waals surface area contributed by atoms with Crippen LogP contribution in [0.4, 0.5) is 0 Å². The van der Waals surface area contributed by atoms with Gasteiger partial charge in [-0.25, -0.2) is 0 Å². The van der Waals surface area contributed by atoms with Crippen molar-refractivity contribution in [2.75, 3.05) is 6.54 Å². The lowest BCUT2D eigenvalue weighted by Crippen LogP contribution is -2.39. The molecule has 0 bridgehead atoms. The zero-order valence-electron chi connectivity index (χ0n) is 8.04. The molecule has 1 saturated heterocycles. The molecule has 1 saturated carbocycles. The quantitative estimate of drug-likeness (QED) is 0.654. The summed E-state index contributed by atoms with van der Waals surface area (Å²) in [5.74, 6) is 0.277. The first-order valence-electron chi connectivity index (χ1n) is 5.32. The first-order valence-corrected chi connectivity index (χ1v) is 5.32. The fourth-order valence-corrected chi connectivity index (χ4v) is 2.51. The highest BCUT2D eigenvalue weighted by molar-refractivity contribution is 5.79. The fraction of sp³-hybridized carbons (Fsp3) is 0.900. The molecule has 2 N–H and O–H groups in total. The maximum absolute atomic E-state index is 11.5. The molecule has 1 atom stereocenters. The highest BCUT2D eigenvalue weighted by Crippen LogP contribution is 2.25. The van der Waals surface area contributed by atoms with Gasteiger partial charge in [-0.1, -0.05) is 19.3 Å². The van der Waals surface area contributed by atoms with Crippen LogP contribution in [0.2, 0.25) is 0 Å². The summed E-state index contributed by atoms with van der Waals surface area (Å²) in [7, 11) is 0. The van der Waals surface area contributed by atoms with Crippen LogP contribution in [-0.2, 0) is 4.79 Å². The third-order valence-electron chi connectivity index (χ3n) is 3.20. The van der Waals surface area contributed by atoms with Crippen LogP contribution in [0.5, 0.6) is 0 Å². The molecule has 13 heavy (non-hydrogen) atoms. The van der Waals surface area contributed by atoms with Crippen molar-refractivity contribution in [3.63, 3.8) is 0 Å². The Kier molecular flexibility index (Phi) is 2.54. The number of hydrogen-bond donors (Lipinski definition) is 1. The van der Waals surface area contributed by atoms with E-state index in [1.165, 1.54) is 32.1 Å². The molecule has 3 nitrogen and oxygen atoms in total. The summed E-state index contributed by atoms with van der Waals surface area (Å²) in [5, 5.41) is 0. The van der Waals surface area contributed by atoms with Gasteiger partial charge in [0.05, 0.1) is 0 Å². The van der Waals surface area contributed by atoms with Crippen LogP contribution in [0, 0.1) is 0 Å². The Hall–Kier alpha value is -0.570. The van der Waals surface area contributed by atoms with Gasteiger partial charge in [0.1, 0.15) is 0 Å². The Morgan fingerprint density at radius 3 is 2.46 bits per heavy atom. The maximum Gasteiger partial charge on any atom is 0.224 e. The summed E-state index contributed by atoms with van der Waals surface area (Å²) in [6, 6.07) is 0.601. The van der Waals surface area contributed by atoms with Crippen LogP contribution in [0.15, 0.2) is 0 Å². The third-order valence-corrected chi connectivity index (χ3v) is 3.20. The van der Waals surface area contributed by atoms with E-state index in [-0.39, 0.29) is 11.9 Å². The minimum Gasteiger partial charge on any atom is -0.338 e. The number of nitrogens with zero attached hydrogens (tertiary/aromatic N) is 1. The van der Waals surface area contributed by atoms with Gasteiger partial charge in [-0.2, -0.15) is 0 Å². The SMILES string of the molecule is N[C@H]1CC(=O)N(C2CCCCC2)C1. The summed E-state index contributed by atoms with van der Waals surface area (Å²) in [4.78, 5) is 13.5. The van der Waals surface area contributed by atoms with Gasteiger partial charge < -0.3 is 10.6 Å². The molecule has 74 valence electrons. The van der Waals surface area contributed by atoms with Gasteiger partial charge in [0.15, 0.2) is 0 Å². The van der Waals surface area contributed by atoms with Crippen molar-refractivity contribution in [1.29, 1.82) is 0 Å². The summed E-state index contributed by atoms with van der Waals surface area (Å²) < 4.78 is 0. The molecule has 2 rings (SSSR count). The van der Waals surface area contributed by atoms with Gasteiger partial charge in [-0.3, -0.25) is 4.79 Å². The van der Waals surface area contributed by atoms with Gasteiger partial charge in [0.2, 0.25) is 5.91 Å². The van der Waals surface area contributed by atoms with E-state index in [0.29, 0.717) is 12.5 Å². The molecule has 2 aliphatic rings. The number of amides is 1. The van der Waals surface area contributed by atoms with Crippen molar-refractivity contribution in [2.24, 2.45) is 5.73 Å². The van der Waals surface area contributed by atoms with E-state index in [2.05, 4.69) is 0 Å². The normalized spacial score (nSPS) is 31.3. The lowest BCUT2D eigenvalue weighted by atomic mass is 9.94. The van der Waals surface area contributed by atoms with E-state index in [1.54, 1.807) is 0 Å². The Morgan fingerprint density at radius 1 is 1.23 bits per heavy atom. The number of hydrogen-bond acceptors (Lipinski definition) is 2. The molecule has 0 spiro atoms. The molecule has 3 heteroatoms. The van der Waals surface area contributed by atoms with Crippen molar-refractivity contribution in [2.45, 2.75) is 50.6 Å². The Morgan fingerprint density at radius 2 is 1.92 bits per heavy atom. The topological polar surface area (TPSA) is 46.3 Å². The number of nitrogens with two attached hydrogens (primary N) is 1. The molecule has 0 aromatic heterocycles. The molecule has 0 aromatic carbocycles. The molecule has 1 heterocycles. The molecule has 0 aromatic rings. The molecule has 1 amide bonds. The van der Waals surface area contributed by atoms with E-state index in [4.69, 9.17) is 5.73 Å². The van der Waals surface area contributed by atoms with Crippen LogP contribution in [0.25, 0.3) is 0 Å². The second-order valence-electron chi connectivity index (χ2n) is 4.30. The molecular formula is C10H18N2O. The standard InChI is InChI=1S/C10H18N2O/c11-8-6-10(13)12(7-8)9-4-2-1-3-5-9/h8-9H,1-7,11H2/t8-/m0/s1. The fourth-order valence-electron chi connectivity index (χ4n) is 2.51. The zero-order chi connectivity index (χ0) is 9.26. The Balaban J connectivity index is 1.95. The highest BCUT2D eigenvalue weighted by Gasteiger charge is 2.32. The van der Waals surface area contributed by atoms with Crippen molar-refractivity contribution < 1.29 is 4.79 Å². The van der Waals surface area contributed by atoms with E-state index >= 15 is 0 Å². The maximum atomic E-state index is 11.5. The number of likely N-dealkylation sites (tertiary alicyclic amines) is 1. The number of carbonyl (C=O) groups excluding carboxylic acids is 1. The molecule has 0 unspecified atom stereocenters. The average Bonchev–Trinajstić information content (AvgIpc) is 2.47. The van der Waals surface area contributed by atoms with E-state index in [0.717, 1.165) is 6.54 Å². The van der Waals surface area contributed by atoms with Crippen molar-refractivity contribution >= 4 is 5.91 Å². The monoisotopic (exact) mass is 182 g/mol. The number of carbonyl (C=O) groups is 1. The van der Waals surface area contributed by atoms with Crippen molar-refractivity contribution in [3.8, 4) is 0 Å². The van der Waals surface area contributed by atoms with Crippen molar-refractivity contribution in [1.82, 2.24) is 4.90 Å². The van der Waals surface area contributed by atoms with Crippen LogP contribution in [-0.4, -0.2) is 29.4 Å². The zero-order valence-corrected chi connectivity index (χ0v) is 8.04. The largest absolute Gasteiger partial charge is 0.338 e. The predicted octanol–water partition coefficient (Wildman–Crippen LogP) is 0.879. The second kappa shape index (κ2) is 3.66. The van der Waals surface area contributed by atoms with Gasteiger partial charge in [0, 0.05) is 25.0 Å². The molecule has 0 radical (unpaired) electrons. The van der Waals surface area contributed by atoms with Crippen LogP contribution in [0.1, 0.15) is 38.5 Å². The van der Waals surface area contributed by atoms with Crippen molar-refractivity contribution in [3.05, 3.63) is 0 Å². The summed E-state index contributed by atoms with van der Waals surface area (Å²) in [5.41, 5.74) is 5.76. The molecule has 2 fully saturated rings. The smallest absolute Gasteiger partial charge is 0.224 e. The highest BCUT2D eigenvalue weighted by atomic mass is 16.2. The first kappa shape index (κ1) is 9.00. The molecular weight excluding hydrogens is 164 g/mol. The first-order chi connectivity index (χ1) is 6.27. The third kappa shape index (κ3) is 1.85. The minimum absolute atomic E-state index is 0.0921. The van der Waals surface area contributed by atoms with E-state index < -0.39 is 0 Å². The van der Waals surface area contributed by atoms with Crippen LogP contribution in [0.3, 0.4) is 0 Å². The van der Waals surface area contributed by atoms with Gasteiger partial charge in [-0.15, -0.1) is 0 Å². The lowest BCUT2D eigenvalue weighted by molar-refractivity contribution is -0.130. The second-order valence-corrected chi connectivity index (χ2v) is 4.30. The van der Waals surface area contributed by atoms with E-state index in [9.17, 15) is 4.79 Å². The van der Waals surface area contributed by atoms with Gasteiger partial charge in [-0.05, 0) is 12.8 Å². The number of rotatable bonds is 1. The molecule has 1 aliphatic heterocycles. The van der Waals surface area contributed by atoms with Crippen LogP contribution < -0.4 is 5.73 Å². The Bertz CT molecular complexity index is 199. The molecule has 1 aliphatic carbocycles. The summed E-state index contributed by atoms with van der Waals surface area (Å²) >= 11 is 0. The average molecular weight is 182 g/mol. The summed E-state index contributed by atoms with van der Waals surface area (Å²) in [6.45, 7) is 0.795. The van der Waals surface area contributed by atoms with Gasteiger partial charge in [0.25, 0.3) is 0 Å². The van der Waals surface area contributed by atoms with Gasteiger partial charge >= 0.3 is 0 Å². The minimum atomic E-state index is 0.0921. The predicted molar refractivity (Wildman–Crippen MR) is 51.2 cm³/mol.